The van der Waals surface area contributed by atoms with Crippen LogP contribution in [0.25, 0.3) is 5.78 Å². The maximum absolute atomic E-state index is 15.2. The molecule has 13 nitrogen and oxygen atoms in total. The summed E-state index contributed by atoms with van der Waals surface area (Å²) in [4.78, 5) is 62.0. The van der Waals surface area contributed by atoms with E-state index in [2.05, 4.69) is 15.3 Å². The predicted octanol–water partition coefficient (Wildman–Crippen LogP) is 2.14. The molecule has 0 aliphatic carbocycles. The highest BCUT2D eigenvalue weighted by Gasteiger charge is 2.35. The number of hydrogen-bond donors (Lipinski definition) is 1. The largest absolute Gasteiger partial charge is 0.466 e. The molecule has 43 heavy (non-hydrogen) atoms. The molecule has 0 radical (unpaired) electrons. The van der Waals surface area contributed by atoms with E-state index in [1.54, 1.807) is 36.7 Å². The Hall–Kier alpha value is -4.82. The first-order valence-electron chi connectivity index (χ1n) is 13.9. The van der Waals surface area contributed by atoms with Gasteiger partial charge in [0.1, 0.15) is 23.5 Å². The van der Waals surface area contributed by atoms with Gasteiger partial charge >= 0.3 is 12.1 Å². The number of nitrogens with one attached hydrogen (secondary N) is 1. The Balaban J connectivity index is 1.16. The van der Waals surface area contributed by atoms with Crippen molar-refractivity contribution in [3.63, 3.8) is 0 Å². The van der Waals surface area contributed by atoms with Gasteiger partial charge in [0.05, 0.1) is 18.8 Å². The number of aromatic nitrogens is 3. The third-order valence-corrected chi connectivity index (χ3v) is 7.26. The smallest absolute Gasteiger partial charge is 0.414 e. The Morgan fingerprint density at radius 1 is 1.16 bits per heavy atom. The molecular formula is C28H31F2N7O6. The Kier molecular flexibility index (Phi) is 8.68. The molecule has 0 saturated carbocycles. The first kappa shape index (κ1) is 29.7. The molecule has 3 aromatic rings. The zero-order chi connectivity index (χ0) is 30.7. The van der Waals surface area contributed by atoms with E-state index in [4.69, 9.17) is 9.47 Å². The van der Waals surface area contributed by atoms with Gasteiger partial charge in [0.2, 0.25) is 11.7 Å². The summed E-state index contributed by atoms with van der Waals surface area (Å²) in [6.45, 7) is 4.19. The SMILES string of the molecule is CCOC(=O)CC[C@H]1CN(c2cc(F)c(N3CCN(C(=O)[C@@H](C)NC(=O)c4cn5cccnc5n4)CC3)c(F)c2)C(=O)O1. The average molecular weight is 600 g/mol. The van der Waals surface area contributed by atoms with Crippen molar-refractivity contribution in [1.82, 2.24) is 24.6 Å². The summed E-state index contributed by atoms with van der Waals surface area (Å²) >= 11 is 0. The van der Waals surface area contributed by atoms with Gasteiger partial charge < -0.3 is 24.6 Å². The maximum atomic E-state index is 15.2. The fraction of sp³-hybridized carbons (Fsp3) is 0.429. The van der Waals surface area contributed by atoms with Gasteiger partial charge in [0.15, 0.2) is 11.6 Å². The Labute approximate surface area is 245 Å². The molecule has 2 aliphatic rings. The molecule has 2 fully saturated rings. The summed E-state index contributed by atoms with van der Waals surface area (Å²) in [6.07, 6.45) is 3.68. The molecule has 15 heteroatoms. The number of rotatable bonds is 9. The highest BCUT2D eigenvalue weighted by atomic mass is 19.1. The molecule has 2 atom stereocenters. The topological polar surface area (TPSA) is 139 Å². The highest BCUT2D eigenvalue weighted by Crippen LogP contribution is 2.32. The lowest BCUT2D eigenvalue weighted by Crippen LogP contribution is -2.54. The molecule has 0 unspecified atom stereocenters. The third-order valence-electron chi connectivity index (χ3n) is 7.26. The van der Waals surface area contributed by atoms with Crippen molar-refractivity contribution in [2.24, 2.45) is 0 Å². The average Bonchev–Trinajstić information content (AvgIpc) is 3.59. The van der Waals surface area contributed by atoms with Gasteiger partial charge in [-0.3, -0.25) is 23.7 Å². The van der Waals surface area contributed by atoms with E-state index in [9.17, 15) is 19.2 Å². The van der Waals surface area contributed by atoms with Gasteiger partial charge in [0, 0.05) is 63.3 Å². The van der Waals surface area contributed by atoms with Crippen molar-refractivity contribution in [3.8, 4) is 0 Å². The number of hydrogen-bond acceptors (Lipinski definition) is 9. The van der Waals surface area contributed by atoms with Crippen LogP contribution in [0, 0.1) is 11.6 Å². The fourth-order valence-corrected chi connectivity index (χ4v) is 5.10. The van der Waals surface area contributed by atoms with Crippen LogP contribution < -0.4 is 15.1 Å². The molecule has 2 aliphatic heterocycles. The molecule has 1 aromatic carbocycles. The number of imidazole rings is 1. The van der Waals surface area contributed by atoms with Crippen LogP contribution in [0.5, 0.6) is 0 Å². The van der Waals surface area contributed by atoms with Crippen molar-refractivity contribution in [2.75, 3.05) is 49.1 Å². The first-order valence-corrected chi connectivity index (χ1v) is 13.9. The minimum Gasteiger partial charge on any atom is -0.466 e. The normalized spacial score (nSPS) is 17.6. The second kappa shape index (κ2) is 12.6. The zero-order valence-electron chi connectivity index (χ0n) is 23.7. The number of carbonyl (C=O) groups is 4. The minimum atomic E-state index is -0.861. The lowest BCUT2D eigenvalue weighted by Gasteiger charge is -2.37. The van der Waals surface area contributed by atoms with Gasteiger partial charge in [-0.1, -0.05) is 0 Å². The lowest BCUT2D eigenvalue weighted by atomic mass is 10.1. The second-order valence-corrected chi connectivity index (χ2v) is 10.2. The van der Waals surface area contributed by atoms with E-state index in [1.807, 2.05) is 0 Å². The molecule has 3 amide bonds. The fourth-order valence-electron chi connectivity index (χ4n) is 5.10. The number of carbonyl (C=O) groups excluding carboxylic acids is 4. The second-order valence-electron chi connectivity index (χ2n) is 10.2. The van der Waals surface area contributed by atoms with E-state index in [1.165, 1.54) is 16.0 Å². The quantitative estimate of drug-likeness (QED) is 0.367. The zero-order valence-corrected chi connectivity index (χ0v) is 23.7. The predicted molar refractivity (Wildman–Crippen MR) is 149 cm³/mol. The van der Waals surface area contributed by atoms with E-state index in [0.29, 0.717) is 5.78 Å². The monoisotopic (exact) mass is 599 g/mol. The lowest BCUT2D eigenvalue weighted by molar-refractivity contribution is -0.143. The van der Waals surface area contributed by atoms with E-state index in [-0.39, 0.29) is 75.1 Å². The molecular weight excluding hydrogens is 568 g/mol. The molecule has 0 spiro atoms. The Morgan fingerprint density at radius 3 is 2.56 bits per heavy atom. The van der Waals surface area contributed by atoms with Gasteiger partial charge in [-0.05, 0) is 26.3 Å². The standard InChI is InChI=1S/C28H31F2N7O6/c1-3-42-23(38)6-5-19-15-37(28(41)43-19)18-13-20(29)24(21(30)14-18)34-9-11-35(12-10-34)26(40)17(2)32-25(39)22-16-36-8-4-7-31-27(36)33-22/h4,7-8,13-14,16-17,19H,3,5-6,9-12,15H2,1-2H3,(H,32,39)/t17-,19+/m1/s1. The number of amides is 3. The van der Waals surface area contributed by atoms with Gasteiger partial charge in [-0.2, -0.15) is 0 Å². The number of anilines is 2. The van der Waals surface area contributed by atoms with Crippen molar-refractivity contribution >= 4 is 41.0 Å². The number of piperazine rings is 1. The number of ether oxygens (including phenoxy) is 2. The molecule has 2 saturated heterocycles. The van der Waals surface area contributed by atoms with E-state index >= 15 is 8.78 Å². The van der Waals surface area contributed by atoms with Crippen LogP contribution >= 0.6 is 0 Å². The van der Waals surface area contributed by atoms with Crippen LogP contribution in [0.4, 0.5) is 25.0 Å². The van der Waals surface area contributed by atoms with Crippen LogP contribution in [0.1, 0.15) is 37.2 Å². The van der Waals surface area contributed by atoms with Crippen LogP contribution in [0.2, 0.25) is 0 Å². The Morgan fingerprint density at radius 2 is 1.88 bits per heavy atom. The number of esters is 1. The van der Waals surface area contributed by atoms with Gasteiger partial charge in [-0.15, -0.1) is 0 Å². The van der Waals surface area contributed by atoms with Crippen LogP contribution in [0.3, 0.4) is 0 Å². The number of halogens is 2. The van der Waals surface area contributed by atoms with Gasteiger partial charge in [0.25, 0.3) is 5.91 Å². The summed E-state index contributed by atoms with van der Waals surface area (Å²) in [5, 5.41) is 2.64. The maximum Gasteiger partial charge on any atom is 0.414 e. The van der Waals surface area contributed by atoms with E-state index < -0.39 is 41.7 Å². The molecule has 4 heterocycles. The van der Waals surface area contributed by atoms with Gasteiger partial charge in [-0.25, -0.2) is 23.5 Å². The van der Waals surface area contributed by atoms with Crippen LogP contribution in [-0.2, 0) is 19.1 Å². The molecule has 5 rings (SSSR count). The third kappa shape index (κ3) is 6.49. The summed E-state index contributed by atoms with van der Waals surface area (Å²) in [5.41, 5.74) is -0.141. The number of fused-ring (bicyclic) bond motifs is 1. The van der Waals surface area contributed by atoms with Crippen molar-refractivity contribution in [3.05, 3.63) is 54.1 Å². The molecule has 2 aromatic heterocycles. The summed E-state index contributed by atoms with van der Waals surface area (Å²) in [6, 6.07) is 2.98. The van der Waals surface area contributed by atoms with Crippen LogP contribution in [-0.4, -0.2) is 94.6 Å². The number of cyclic esters (lactones) is 1. The molecule has 228 valence electrons. The van der Waals surface area contributed by atoms with Crippen LogP contribution in [0.15, 0.2) is 36.8 Å². The van der Waals surface area contributed by atoms with Crippen molar-refractivity contribution in [2.45, 2.75) is 38.8 Å². The molecule has 1 N–H and O–H groups in total. The number of nitrogens with zero attached hydrogens (tertiary/aromatic N) is 6. The first-order chi connectivity index (χ1) is 20.6. The molecule has 0 bridgehead atoms. The summed E-state index contributed by atoms with van der Waals surface area (Å²) < 4.78 is 42.1. The van der Waals surface area contributed by atoms with Crippen molar-refractivity contribution in [1.29, 1.82) is 0 Å². The minimum absolute atomic E-state index is 0.00199. The Bertz CT molecular complexity index is 1480. The summed E-state index contributed by atoms with van der Waals surface area (Å²) in [5.74, 6) is -2.65. The van der Waals surface area contributed by atoms with Crippen molar-refractivity contribution < 1.29 is 37.4 Å². The number of benzene rings is 1. The summed E-state index contributed by atoms with van der Waals surface area (Å²) in [7, 11) is 0. The highest BCUT2D eigenvalue weighted by molar-refractivity contribution is 5.96. The van der Waals surface area contributed by atoms with E-state index in [0.717, 1.165) is 17.0 Å².